The number of fused-ring (bicyclic) bond motifs is 1. The van der Waals surface area contributed by atoms with Crippen LogP contribution in [0.3, 0.4) is 0 Å². The highest BCUT2D eigenvalue weighted by atomic mass is 19.1. The second-order valence-corrected chi connectivity index (χ2v) is 7.66. The molecule has 0 unspecified atom stereocenters. The molecule has 6 nitrogen and oxygen atoms in total. The molecule has 0 saturated heterocycles. The van der Waals surface area contributed by atoms with Crippen molar-refractivity contribution in [2.75, 3.05) is 14.2 Å². The van der Waals surface area contributed by atoms with E-state index in [9.17, 15) is 14.3 Å². The fraction of sp³-hybridized carbons (Fsp3) is 0.192. The topological polar surface area (TPSA) is 80.9 Å². The van der Waals surface area contributed by atoms with Gasteiger partial charge in [-0.2, -0.15) is 0 Å². The van der Waals surface area contributed by atoms with Gasteiger partial charge in [0, 0.05) is 0 Å². The van der Waals surface area contributed by atoms with E-state index >= 15 is 0 Å². The lowest BCUT2D eigenvalue weighted by atomic mass is 10.00. The van der Waals surface area contributed by atoms with Gasteiger partial charge in [-0.25, -0.2) is 4.39 Å². The monoisotopic (exact) mass is 449 g/mol. The smallest absolute Gasteiger partial charge is 0.224 e. The van der Waals surface area contributed by atoms with Gasteiger partial charge in [-0.05, 0) is 82.8 Å². The van der Waals surface area contributed by atoms with E-state index in [1.165, 1.54) is 26.4 Å². The molecule has 2 aromatic carbocycles. The molecule has 2 N–H and O–H groups in total. The Labute approximate surface area is 191 Å². The summed E-state index contributed by atoms with van der Waals surface area (Å²) in [6.45, 7) is 2.19. The van der Waals surface area contributed by atoms with Gasteiger partial charge in [0.15, 0.2) is 11.5 Å². The number of carbonyl (C=O) groups excluding carboxylic acids is 1. The summed E-state index contributed by atoms with van der Waals surface area (Å²) in [7, 11) is 2.92. The van der Waals surface area contributed by atoms with Crippen LogP contribution in [0.5, 0.6) is 17.2 Å². The van der Waals surface area contributed by atoms with Crippen molar-refractivity contribution in [3.8, 4) is 17.2 Å². The highest BCUT2D eigenvalue weighted by molar-refractivity contribution is 6.08. The summed E-state index contributed by atoms with van der Waals surface area (Å²) < 4.78 is 29.9. The number of aromatic hydroxyl groups is 1. The molecule has 1 aliphatic carbocycles. The van der Waals surface area contributed by atoms with E-state index in [0.717, 1.165) is 27.8 Å². The fourth-order valence-electron chi connectivity index (χ4n) is 3.97. The van der Waals surface area contributed by atoms with E-state index < -0.39 is 0 Å². The number of carbonyl (C=O) groups is 1. The molecule has 33 heavy (non-hydrogen) atoms. The Morgan fingerprint density at radius 2 is 1.85 bits per heavy atom. The van der Waals surface area contributed by atoms with E-state index in [-0.39, 0.29) is 41.9 Å². The van der Waals surface area contributed by atoms with Crippen LogP contribution in [0.1, 0.15) is 35.8 Å². The van der Waals surface area contributed by atoms with Crippen LogP contribution < -0.4 is 14.8 Å². The lowest BCUT2D eigenvalue weighted by Gasteiger charge is -2.11. The maximum Gasteiger partial charge on any atom is 0.224 e. The molecule has 0 aliphatic heterocycles. The number of furan rings is 1. The van der Waals surface area contributed by atoms with Gasteiger partial charge < -0.3 is 24.3 Å². The average Bonchev–Trinajstić information content (AvgIpc) is 3.41. The van der Waals surface area contributed by atoms with E-state index in [4.69, 9.17) is 13.9 Å². The van der Waals surface area contributed by atoms with Crippen molar-refractivity contribution in [3.05, 3.63) is 82.6 Å². The molecule has 0 saturated carbocycles. The second kappa shape index (κ2) is 9.24. The number of halogens is 1. The number of rotatable bonds is 7. The summed E-state index contributed by atoms with van der Waals surface area (Å²) in [6.07, 6.45) is 3.56. The molecule has 3 aromatic rings. The Morgan fingerprint density at radius 3 is 2.48 bits per heavy atom. The molecular weight excluding hydrogens is 425 g/mol. The van der Waals surface area contributed by atoms with Crippen molar-refractivity contribution in [2.45, 2.75) is 19.9 Å². The van der Waals surface area contributed by atoms with Crippen LogP contribution >= 0.6 is 0 Å². The van der Waals surface area contributed by atoms with Gasteiger partial charge in [0.2, 0.25) is 11.7 Å². The summed E-state index contributed by atoms with van der Waals surface area (Å²) in [5.41, 5.74) is 4.72. The van der Waals surface area contributed by atoms with Crippen molar-refractivity contribution < 1.29 is 28.2 Å². The van der Waals surface area contributed by atoms with Crippen molar-refractivity contribution in [1.82, 2.24) is 5.32 Å². The molecule has 1 amide bonds. The van der Waals surface area contributed by atoms with Gasteiger partial charge in [-0.3, -0.25) is 4.79 Å². The lowest BCUT2D eigenvalue weighted by molar-refractivity contribution is -0.120. The van der Waals surface area contributed by atoms with Gasteiger partial charge in [0.05, 0.1) is 33.4 Å². The Hall–Kier alpha value is -4.00. The van der Waals surface area contributed by atoms with Gasteiger partial charge in [-0.15, -0.1) is 0 Å². The van der Waals surface area contributed by atoms with Crippen molar-refractivity contribution in [2.24, 2.45) is 0 Å². The summed E-state index contributed by atoms with van der Waals surface area (Å²) in [5.74, 6) is 0.560. The van der Waals surface area contributed by atoms with Crippen LogP contribution in [0.25, 0.3) is 17.2 Å². The first kappa shape index (κ1) is 22.2. The Balaban J connectivity index is 1.70. The van der Waals surface area contributed by atoms with E-state index in [1.807, 2.05) is 13.0 Å². The highest BCUT2D eigenvalue weighted by Crippen LogP contribution is 2.45. The molecule has 0 bridgehead atoms. The molecule has 1 aromatic heterocycles. The third kappa shape index (κ3) is 4.48. The standard InChI is InChI=1S/C26H24FNO5/c1-15-20(9-16-10-23(31-2)26(30)24(11-16)32-3)19-7-6-17(27)12-22(19)21(15)13-25(29)28-14-18-5-4-8-33-18/h4-12,30H,13-14H2,1-3H3,(H,28,29). The predicted octanol–water partition coefficient (Wildman–Crippen LogP) is 5.18. The Bertz CT molecular complexity index is 1230. The molecular formula is C26H24FNO5. The van der Waals surface area contributed by atoms with Gasteiger partial charge in [0.1, 0.15) is 11.6 Å². The zero-order valence-corrected chi connectivity index (χ0v) is 18.6. The number of hydrogen-bond acceptors (Lipinski definition) is 5. The van der Waals surface area contributed by atoms with E-state index in [1.54, 1.807) is 36.6 Å². The van der Waals surface area contributed by atoms with Crippen LogP contribution in [0.4, 0.5) is 4.39 Å². The minimum absolute atomic E-state index is 0.0859. The lowest BCUT2D eigenvalue weighted by Crippen LogP contribution is -2.22. The van der Waals surface area contributed by atoms with Gasteiger partial charge in [-0.1, -0.05) is 6.07 Å². The number of benzene rings is 2. The average molecular weight is 449 g/mol. The van der Waals surface area contributed by atoms with Crippen LogP contribution in [-0.4, -0.2) is 25.2 Å². The summed E-state index contributed by atoms with van der Waals surface area (Å²) in [4.78, 5) is 12.6. The van der Waals surface area contributed by atoms with Crippen molar-refractivity contribution >= 4 is 23.1 Å². The third-order valence-electron chi connectivity index (χ3n) is 5.64. The van der Waals surface area contributed by atoms with Crippen molar-refractivity contribution in [1.29, 1.82) is 0 Å². The van der Waals surface area contributed by atoms with Crippen LogP contribution in [0.2, 0.25) is 0 Å². The van der Waals surface area contributed by atoms with Crippen molar-refractivity contribution in [3.63, 3.8) is 0 Å². The number of allylic oxidation sites excluding steroid dienone is 2. The number of phenolic OH excluding ortho intramolecular Hbond substituents is 1. The summed E-state index contributed by atoms with van der Waals surface area (Å²) in [6, 6.07) is 11.5. The van der Waals surface area contributed by atoms with Crippen LogP contribution in [-0.2, 0) is 11.3 Å². The molecule has 1 aliphatic rings. The van der Waals surface area contributed by atoms with E-state index in [2.05, 4.69) is 5.32 Å². The minimum Gasteiger partial charge on any atom is -0.502 e. The number of hydrogen-bond donors (Lipinski definition) is 2. The maximum absolute atomic E-state index is 14.1. The first-order chi connectivity index (χ1) is 15.9. The van der Waals surface area contributed by atoms with Gasteiger partial charge in [0.25, 0.3) is 0 Å². The minimum atomic E-state index is -0.371. The molecule has 0 atom stereocenters. The normalized spacial score (nSPS) is 13.9. The molecule has 4 rings (SSSR count). The van der Waals surface area contributed by atoms with Gasteiger partial charge >= 0.3 is 0 Å². The zero-order chi connectivity index (χ0) is 23.5. The molecule has 7 heteroatoms. The summed E-state index contributed by atoms with van der Waals surface area (Å²) in [5, 5.41) is 13.0. The third-order valence-corrected chi connectivity index (χ3v) is 5.64. The van der Waals surface area contributed by atoms with Crippen LogP contribution in [0, 0.1) is 5.82 Å². The molecule has 0 spiro atoms. The Morgan fingerprint density at radius 1 is 1.12 bits per heavy atom. The SMILES string of the molecule is COc1cc(C=C2C(C)=C(CC(=O)NCc3ccco3)c3cc(F)ccc32)cc(OC)c1O. The first-order valence-electron chi connectivity index (χ1n) is 10.4. The number of nitrogens with one attached hydrogen (secondary N) is 1. The van der Waals surface area contributed by atoms with Crippen LogP contribution in [0.15, 0.2) is 58.7 Å². The number of amides is 1. The largest absolute Gasteiger partial charge is 0.502 e. The zero-order valence-electron chi connectivity index (χ0n) is 18.6. The molecule has 170 valence electrons. The predicted molar refractivity (Wildman–Crippen MR) is 123 cm³/mol. The molecule has 0 fully saturated rings. The molecule has 0 radical (unpaired) electrons. The fourth-order valence-corrected chi connectivity index (χ4v) is 3.97. The number of phenols is 1. The first-order valence-corrected chi connectivity index (χ1v) is 10.4. The second-order valence-electron chi connectivity index (χ2n) is 7.66. The maximum atomic E-state index is 14.1. The quantitative estimate of drug-likeness (QED) is 0.520. The molecule has 1 heterocycles. The highest BCUT2D eigenvalue weighted by Gasteiger charge is 2.26. The summed E-state index contributed by atoms with van der Waals surface area (Å²) >= 11 is 0. The number of ether oxygens (including phenoxy) is 2. The van der Waals surface area contributed by atoms with E-state index in [0.29, 0.717) is 11.3 Å². The number of methoxy groups -OCH3 is 2. The Kier molecular flexibility index (Phi) is 6.22.